The maximum atomic E-state index is 12.3. The van der Waals surface area contributed by atoms with E-state index < -0.39 is 6.23 Å². The maximum Gasteiger partial charge on any atom is 0.243 e. The number of hydrogen-bond acceptors (Lipinski definition) is 5. The minimum Gasteiger partial charge on any atom is -0.444 e. The van der Waals surface area contributed by atoms with Gasteiger partial charge in [0, 0.05) is 29.6 Å². The molecule has 0 saturated carbocycles. The van der Waals surface area contributed by atoms with Crippen LogP contribution in [-0.4, -0.2) is 26.8 Å². The Labute approximate surface area is 173 Å². The second kappa shape index (κ2) is 7.40. The lowest BCUT2D eigenvalue weighted by Gasteiger charge is -2.18. The molecule has 0 fully saturated rings. The molecule has 0 bridgehead atoms. The van der Waals surface area contributed by atoms with E-state index in [0.717, 1.165) is 27.7 Å². The Bertz CT molecular complexity index is 1260. The standard InChI is InChI=1S/C24H18N4O2/c1-16(29)28-24(21-13-7-8-14-25-21)30-23(27-28)19-15-22(17-9-3-2-4-10-17)26-20-12-6-5-11-18(19)20/h2-15,24H,1H3/t24-/m1/s1. The predicted octanol–water partition coefficient (Wildman–Crippen LogP) is 4.54. The minimum atomic E-state index is -0.703. The second-order valence-electron chi connectivity index (χ2n) is 6.93. The lowest BCUT2D eigenvalue weighted by Crippen LogP contribution is -2.25. The van der Waals surface area contributed by atoms with Crippen LogP contribution in [0.2, 0.25) is 0 Å². The van der Waals surface area contributed by atoms with E-state index in [2.05, 4.69) is 10.1 Å². The van der Waals surface area contributed by atoms with E-state index in [4.69, 9.17) is 9.72 Å². The van der Waals surface area contributed by atoms with Crippen LogP contribution in [0.25, 0.3) is 22.2 Å². The maximum absolute atomic E-state index is 12.3. The highest BCUT2D eigenvalue weighted by Crippen LogP contribution is 2.32. The fraction of sp³-hybridized carbons (Fsp3) is 0.0833. The molecule has 0 aliphatic carbocycles. The average molecular weight is 394 g/mol. The molecule has 0 spiro atoms. The number of benzene rings is 2. The van der Waals surface area contributed by atoms with Crippen molar-refractivity contribution in [3.63, 3.8) is 0 Å². The Morgan fingerprint density at radius 3 is 2.50 bits per heavy atom. The quantitative estimate of drug-likeness (QED) is 0.512. The third kappa shape index (κ3) is 3.18. The molecule has 3 heterocycles. The summed E-state index contributed by atoms with van der Waals surface area (Å²) in [5.74, 6) is 0.152. The largest absolute Gasteiger partial charge is 0.444 e. The van der Waals surface area contributed by atoms with E-state index in [1.54, 1.807) is 6.20 Å². The van der Waals surface area contributed by atoms with Crippen molar-refractivity contribution in [1.82, 2.24) is 15.0 Å². The van der Waals surface area contributed by atoms with Crippen molar-refractivity contribution in [3.05, 3.63) is 96.3 Å². The SMILES string of the molecule is CC(=O)N1N=C(c2cc(-c3ccccc3)nc3ccccc23)O[C@@H]1c1ccccn1. The summed E-state index contributed by atoms with van der Waals surface area (Å²) < 4.78 is 6.17. The van der Waals surface area contributed by atoms with Crippen LogP contribution in [-0.2, 0) is 9.53 Å². The molecule has 1 aliphatic heterocycles. The molecule has 146 valence electrons. The molecule has 1 amide bonds. The van der Waals surface area contributed by atoms with Crippen LogP contribution in [0.1, 0.15) is 24.4 Å². The number of para-hydroxylation sites is 1. The van der Waals surface area contributed by atoms with Gasteiger partial charge in [0.1, 0.15) is 5.69 Å². The third-order valence-electron chi connectivity index (χ3n) is 4.92. The molecule has 4 aromatic rings. The number of fused-ring (bicyclic) bond motifs is 1. The number of hydrogen-bond donors (Lipinski definition) is 0. The van der Waals surface area contributed by atoms with Crippen LogP contribution < -0.4 is 0 Å². The van der Waals surface area contributed by atoms with Gasteiger partial charge in [-0.15, -0.1) is 5.10 Å². The molecule has 6 heteroatoms. The van der Waals surface area contributed by atoms with Crippen molar-refractivity contribution in [2.45, 2.75) is 13.2 Å². The number of pyridine rings is 2. The van der Waals surface area contributed by atoms with Gasteiger partial charge in [-0.1, -0.05) is 54.6 Å². The minimum absolute atomic E-state index is 0.220. The Morgan fingerprint density at radius 1 is 0.967 bits per heavy atom. The lowest BCUT2D eigenvalue weighted by atomic mass is 10.0. The summed E-state index contributed by atoms with van der Waals surface area (Å²) in [6.07, 6.45) is 0.968. The molecule has 0 saturated heterocycles. The number of carbonyl (C=O) groups is 1. The zero-order chi connectivity index (χ0) is 20.5. The molecular formula is C24H18N4O2. The van der Waals surface area contributed by atoms with Gasteiger partial charge in [0.15, 0.2) is 0 Å². The number of nitrogens with zero attached hydrogens (tertiary/aromatic N) is 4. The molecule has 1 atom stereocenters. The van der Waals surface area contributed by atoms with Gasteiger partial charge < -0.3 is 4.74 Å². The van der Waals surface area contributed by atoms with Crippen LogP contribution in [0.5, 0.6) is 0 Å². The van der Waals surface area contributed by atoms with Crippen molar-refractivity contribution in [1.29, 1.82) is 0 Å². The van der Waals surface area contributed by atoms with Gasteiger partial charge in [-0.3, -0.25) is 9.78 Å². The first kappa shape index (κ1) is 18.0. The molecule has 30 heavy (non-hydrogen) atoms. The van der Waals surface area contributed by atoms with Gasteiger partial charge in [0.05, 0.1) is 11.2 Å². The van der Waals surface area contributed by atoms with Crippen LogP contribution >= 0.6 is 0 Å². The van der Waals surface area contributed by atoms with Crippen LogP contribution in [0.4, 0.5) is 0 Å². The van der Waals surface area contributed by atoms with Gasteiger partial charge >= 0.3 is 0 Å². The first-order chi connectivity index (χ1) is 14.7. The van der Waals surface area contributed by atoms with Crippen LogP contribution in [0.3, 0.4) is 0 Å². The molecular weight excluding hydrogens is 376 g/mol. The van der Waals surface area contributed by atoms with Gasteiger partial charge in [-0.2, -0.15) is 5.01 Å². The zero-order valence-electron chi connectivity index (χ0n) is 16.3. The van der Waals surface area contributed by atoms with Gasteiger partial charge in [-0.25, -0.2) is 4.98 Å². The van der Waals surface area contributed by atoms with Gasteiger partial charge in [0.2, 0.25) is 18.0 Å². The fourth-order valence-corrected chi connectivity index (χ4v) is 3.50. The summed E-state index contributed by atoms with van der Waals surface area (Å²) in [7, 11) is 0. The summed E-state index contributed by atoms with van der Waals surface area (Å²) in [6, 6.07) is 25.2. The number of carbonyl (C=O) groups excluding carboxylic acids is 1. The lowest BCUT2D eigenvalue weighted by molar-refractivity contribution is -0.135. The highest BCUT2D eigenvalue weighted by atomic mass is 16.5. The monoisotopic (exact) mass is 394 g/mol. The van der Waals surface area contributed by atoms with Crippen molar-refractivity contribution in [3.8, 4) is 11.3 Å². The predicted molar refractivity (Wildman–Crippen MR) is 114 cm³/mol. The highest BCUT2D eigenvalue weighted by molar-refractivity contribution is 6.08. The number of ether oxygens (including phenoxy) is 1. The van der Waals surface area contributed by atoms with E-state index in [0.29, 0.717) is 11.6 Å². The molecule has 5 rings (SSSR count). The number of hydrazone groups is 1. The molecule has 1 aliphatic rings. The summed E-state index contributed by atoms with van der Waals surface area (Å²) in [5.41, 5.74) is 4.03. The molecule has 0 radical (unpaired) electrons. The first-order valence-corrected chi connectivity index (χ1v) is 9.62. The Kier molecular flexibility index (Phi) is 4.44. The van der Waals surface area contributed by atoms with E-state index in [9.17, 15) is 4.79 Å². The smallest absolute Gasteiger partial charge is 0.243 e. The highest BCUT2D eigenvalue weighted by Gasteiger charge is 2.34. The van der Waals surface area contributed by atoms with Gasteiger partial charge in [-0.05, 0) is 24.3 Å². The normalized spacial score (nSPS) is 15.7. The average Bonchev–Trinajstić information content (AvgIpc) is 3.25. The third-order valence-corrected chi connectivity index (χ3v) is 4.92. The van der Waals surface area contributed by atoms with E-state index in [1.165, 1.54) is 11.9 Å². The van der Waals surface area contributed by atoms with Crippen LogP contribution in [0, 0.1) is 0 Å². The van der Waals surface area contributed by atoms with Gasteiger partial charge in [0.25, 0.3) is 0 Å². The number of amides is 1. The molecule has 2 aromatic carbocycles. The Hall–Kier alpha value is -4.06. The first-order valence-electron chi connectivity index (χ1n) is 9.62. The summed E-state index contributed by atoms with van der Waals surface area (Å²) in [6.45, 7) is 1.46. The molecule has 0 N–H and O–H groups in total. The van der Waals surface area contributed by atoms with E-state index >= 15 is 0 Å². The fourth-order valence-electron chi connectivity index (χ4n) is 3.50. The summed E-state index contributed by atoms with van der Waals surface area (Å²) in [4.78, 5) is 21.4. The van der Waals surface area contributed by atoms with Crippen LogP contribution in [0.15, 0.2) is 90.2 Å². The van der Waals surface area contributed by atoms with Crippen molar-refractivity contribution < 1.29 is 9.53 Å². The van der Waals surface area contributed by atoms with Crippen molar-refractivity contribution in [2.75, 3.05) is 0 Å². The number of rotatable bonds is 3. The molecule has 6 nitrogen and oxygen atoms in total. The zero-order valence-corrected chi connectivity index (χ0v) is 16.3. The summed E-state index contributed by atoms with van der Waals surface area (Å²) in [5, 5.41) is 6.74. The number of aromatic nitrogens is 2. The van der Waals surface area contributed by atoms with E-state index in [1.807, 2.05) is 78.9 Å². The second-order valence-corrected chi connectivity index (χ2v) is 6.93. The summed E-state index contributed by atoms with van der Waals surface area (Å²) >= 11 is 0. The Balaban J connectivity index is 1.65. The Morgan fingerprint density at radius 2 is 1.73 bits per heavy atom. The van der Waals surface area contributed by atoms with Crippen molar-refractivity contribution in [2.24, 2.45) is 5.10 Å². The molecule has 2 aromatic heterocycles. The van der Waals surface area contributed by atoms with E-state index in [-0.39, 0.29) is 5.91 Å². The topological polar surface area (TPSA) is 67.7 Å². The van der Waals surface area contributed by atoms with Crippen molar-refractivity contribution >= 4 is 22.7 Å². The molecule has 0 unspecified atom stereocenters.